The summed E-state index contributed by atoms with van der Waals surface area (Å²) in [6.07, 6.45) is 0. The van der Waals surface area contributed by atoms with E-state index in [0.29, 0.717) is 18.0 Å². The molecule has 1 aliphatic rings. The first-order valence-electron chi connectivity index (χ1n) is 9.04. The normalized spacial score (nSPS) is 14.0. The third-order valence-corrected chi connectivity index (χ3v) is 5.80. The van der Waals surface area contributed by atoms with Crippen LogP contribution in [-0.4, -0.2) is 30.5 Å². The molecule has 6 nitrogen and oxygen atoms in total. The molecule has 7 heteroatoms. The monoisotopic (exact) mass is 395 g/mol. The van der Waals surface area contributed by atoms with Gasteiger partial charge in [-0.3, -0.25) is 4.79 Å². The van der Waals surface area contributed by atoms with Gasteiger partial charge in [-0.05, 0) is 47.0 Å². The third kappa shape index (κ3) is 3.66. The SMILES string of the molecule is C[C@@H](NC(=O)N(C)Cc1csc2ccccc12)c1ccc2c(c1)NC(=O)CO2. The van der Waals surface area contributed by atoms with Crippen LogP contribution in [0.2, 0.25) is 0 Å². The molecule has 0 spiro atoms. The number of urea groups is 1. The average Bonchev–Trinajstić information content (AvgIpc) is 3.10. The number of benzene rings is 2. The summed E-state index contributed by atoms with van der Waals surface area (Å²) in [5.74, 6) is 0.465. The maximum atomic E-state index is 12.7. The largest absolute Gasteiger partial charge is 0.482 e. The molecule has 2 aromatic carbocycles. The lowest BCUT2D eigenvalue weighted by atomic mass is 10.1. The van der Waals surface area contributed by atoms with Crippen LogP contribution in [0, 0.1) is 0 Å². The number of fused-ring (bicyclic) bond motifs is 2. The lowest BCUT2D eigenvalue weighted by Crippen LogP contribution is -2.38. The van der Waals surface area contributed by atoms with Gasteiger partial charge in [-0.2, -0.15) is 0 Å². The first kappa shape index (κ1) is 18.3. The van der Waals surface area contributed by atoms with Gasteiger partial charge in [0.05, 0.1) is 11.7 Å². The van der Waals surface area contributed by atoms with Crippen LogP contribution in [0.4, 0.5) is 10.5 Å². The second kappa shape index (κ2) is 7.52. The third-order valence-electron chi connectivity index (χ3n) is 4.79. The molecule has 4 rings (SSSR count). The molecule has 2 heterocycles. The molecule has 1 aromatic heterocycles. The molecule has 3 amide bonds. The van der Waals surface area contributed by atoms with Gasteiger partial charge >= 0.3 is 6.03 Å². The highest BCUT2D eigenvalue weighted by molar-refractivity contribution is 7.17. The number of carbonyl (C=O) groups is 2. The molecule has 0 radical (unpaired) electrons. The zero-order valence-corrected chi connectivity index (χ0v) is 16.5. The van der Waals surface area contributed by atoms with Gasteiger partial charge in [-0.1, -0.05) is 24.3 Å². The van der Waals surface area contributed by atoms with Crippen LogP contribution in [0.3, 0.4) is 0 Å². The van der Waals surface area contributed by atoms with Gasteiger partial charge in [0.1, 0.15) is 5.75 Å². The summed E-state index contributed by atoms with van der Waals surface area (Å²) in [5, 5.41) is 9.09. The highest BCUT2D eigenvalue weighted by Gasteiger charge is 2.19. The Morgan fingerprint density at radius 1 is 1.32 bits per heavy atom. The molecule has 3 aromatic rings. The van der Waals surface area contributed by atoms with Crippen LogP contribution in [0.25, 0.3) is 10.1 Å². The maximum absolute atomic E-state index is 12.7. The van der Waals surface area contributed by atoms with Gasteiger partial charge in [-0.15, -0.1) is 11.3 Å². The molecule has 28 heavy (non-hydrogen) atoms. The number of rotatable bonds is 4. The fourth-order valence-corrected chi connectivity index (χ4v) is 4.19. The number of nitrogens with one attached hydrogen (secondary N) is 2. The Morgan fingerprint density at radius 2 is 2.14 bits per heavy atom. The Labute approximate surface area is 167 Å². The highest BCUT2D eigenvalue weighted by Crippen LogP contribution is 2.31. The van der Waals surface area contributed by atoms with Gasteiger partial charge in [0.2, 0.25) is 0 Å². The fourth-order valence-electron chi connectivity index (χ4n) is 3.23. The summed E-state index contributed by atoms with van der Waals surface area (Å²) < 4.78 is 6.60. The second-order valence-corrected chi connectivity index (χ2v) is 7.79. The molecule has 2 N–H and O–H groups in total. The van der Waals surface area contributed by atoms with Crippen molar-refractivity contribution in [3.63, 3.8) is 0 Å². The van der Waals surface area contributed by atoms with Crippen LogP contribution in [0.1, 0.15) is 24.1 Å². The number of amides is 3. The van der Waals surface area contributed by atoms with Crippen molar-refractivity contribution in [3.8, 4) is 5.75 Å². The number of nitrogens with zero attached hydrogens (tertiary/aromatic N) is 1. The molecule has 0 fully saturated rings. The van der Waals surface area contributed by atoms with E-state index in [0.717, 1.165) is 11.1 Å². The first-order chi connectivity index (χ1) is 13.5. The highest BCUT2D eigenvalue weighted by atomic mass is 32.1. The quantitative estimate of drug-likeness (QED) is 0.698. The van der Waals surface area contributed by atoms with Crippen LogP contribution in [-0.2, 0) is 11.3 Å². The van der Waals surface area contributed by atoms with Gasteiger partial charge in [0, 0.05) is 18.3 Å². The van der Waals surface area contributed by atoms with Crippen molar-refractivity contribution in [3.05, 3.63) is 59.0 Å². The van der Waals surface area contributed by atoms with Crippen molar-refractivity contribution in [2.75, 3.05) is 19.0 Å². The molecule has 0 saturated carbocycles. The van der Waals surface area contributed by atoms with Gasteiger partial charge < -0.3 is 20.3 Å². The minimum Gasteiger partial charge on any atom is -0.482 e. The molecular weight excluding hydrogens is 374 g/mol. The minimum absolute atomic E-state index is 0.0285. The van der Waals surface area contributed by atoms with Crippen molar-refractivity contribution in [1.82, 2.24) is 10.2 Å². The predicted octanol–water partition coefficient (Wildman–Crippen LogP) is 4.13. The summed E-state index contributed by atoms with van der Waals surface area (Å²) in [7, 11) is 1.79. The van der Waals surface area contributed by atoms with E-state index in [1.54, 1.807) is 23.3 Å². The summed E-state index contributed by atoms with van der Waals surface area (Å²) in [6, 6.07) is 13.4. The van der Waals surface area contributed by atoms with E-state index in [9.17, 15) is 9.59 Å². The van der Waals surface area contributed by atoms with Crippen molar-refractivity contribution in [2.45, 2.75) is 19.5 Å². The van der Waals surface area contributed by atoms with E-state index in [1.165, 1.54) is 10.1 Å². The maximum Gasteiger partial charge on any atom is 0.317 e. The number of anilines is 1. The minimum atomic E-state index is -0.210. The van der Waals surface area contributed by atoms with Crippen LogP contribution in [0.15, 0.2) is 47.8 Å². The molecule has 1 aliphatic heterocycles. The standard InChI is InChI=1S/C21H21N3O3S/c1-13(14-7-8-18-17(9-14)23-20(25)11-27-18)22-21(26)24(2)10-15-12-28-19-6-4-3-5-16(15)19/h3-9,12-13H,10-11H2,1-2H3,(H,22,26)(H,23,25)/t13-/m1/s1. The Bertz CT molecular complexity index is 1050. The number of carbonyl (C=O) groups excluding carboxylic acids is 2. The number of thiophene rings is 1. The van der Waals surface area contributed by atoms with E-state index in [2.05, 4.69) is 28.1 Å². The first-order valence-corrected chi connectivity index (χ1v) is 9.92. The van der Waals surface area contributed by atoms with Crippen LogP contribution >= 0.6 is 11.3 Å². The molecule has 144 valence electrons. The summed E-state index contributed by atoms with van der Waals surface area (Å²) in [5.41, 5.74) is 2.67. The number of hydrogen-bond donors (Lipinski definition) is 2. The number of ether oxygens (including phenoxy) is 1. The number of hydrogen-bond acceptors (Lipinski definition) is 4. The van der Waals surface area contributed by atoms with E-state index in [-0.39, 0.29) is 24.6 Å². The van der Waals surface area contributed by atoms with Crippen molar-refractivity contribution >= 4 is 39.0 Å². The lowest BCUT2D eigenvalue weighted by Gasteiger charge is -2.23. The lowest BCUT2D eigenvalue weighted by molar-refractivity contribution is -0.118. The summed E-state index contributed by atoms with van der Waals surface area (Å²) in [4.78, 5) is 25.8. The molecular formula is C21H21N3O3S. The average molecular weight is 395 g/mol. The molecule has 1 atom stereocenters. The molecule has 0 bridgehead atoms. The smallest absolute Gasteiger partial charge is 0.317 e. The molecule has 0 saturated heterocycles. The van der Waals surface area contributed by atoms with E-state index in [1.807, 2.05) is 37.3 Å². The molecule has 0 unspecified atom stereocenters. The predicted molar refractivity (Wildman–Crippen MR) is 111 cm³/mol. The van der Waals surface area contributed by atoms with E-state index in [4.69, 9.17) is 4.74 Å². The zero-order valence-electron chi connectivity index (χ0n) is 15.7. The fraction of sp³-hybridized carbons (Fsp3) is 0.238. The van der Waals surface area contributed by atoms with Gasteiger partial charge in [0.25, 0.3) is 5.91 Å². The van der Waals surface area contributed by atoms with Crippen molar-refractivity contribution in [1.29, 1.82) is 0 Å². The molecule has 0 aliphatic carbocycles. The van der Waals surface area contributed by atoms with Crippen molar-refractivity contribution < 1.29 is 14.3 Å². The summed E-state index contributed by atoms with van der Waals surface area (Å²) >= 11 is 1.69. The van der Waals surface area contributed by atoms with Crippen LogP contribution < -0.4 is 15.4 Å². The Morgan fingerprint density at radius 3 is 3.00 bits per heavy atom. The van der Waals surface area contributed by atoms with Gasteiger partial charge in [-0.25, -0.2) is 4.79 Å². The van der Waals surface area contributed by atoms with E-state index >= 15 is 0 Å². The van der Waals surface area contributed by atoms with Gasteiger partial charge in [0.15, 0.2) is 6.61 Å². The summed E-state index contributed by atoms with van der Waals surface area (Å²) in [6.45, 7) is 2.48. The van der Waals surface area contributed by atoms with E-state index < -0.39 is 0 Å². The second-order valence-electron chi connectivity index (χ2n) is 6.88. The van der Waals surface area contributed by atoms with Crippen LogP contribution in [0.5, 0.6) is 5.75 Å². The topological polar surface area (TPSA) is 70.7 Å². The Balaban J connectivity index is 1.42. The Kier molecular flexibility index (Phi) is 4.92. The zero-order chi connectivity index (χ0) is 19.7. The Hall–Kier alpha value is -3.06. The van der Waals surface area contributed by atoms with Crippen molar-refractivity contribution in [2.24, 2.45) is 0 Å².